The highest BCUT2D eigenvalue weighted by atomic mass is 32.2. The number of aromatic carboxylic acids is 1. The first-order chi connectivity index (χ1) is 9.71. The zero-order chi connectivity index (χ0) is 15.8. The molecule has 0 spiro atoms. The molecule has 1 N–H and O–H groups in total. The molecule has 0 aliphatic carbocycles. The predicted octanol–water partition coefficient (Wildman–Crippen LogP) is 2.04. The van der Waals surface area contributed by atoms with Crippen LogP contribution in [-0.4, -0.2) is 47.4 Å². The number of nitrogens with zero attached hydrogens (tertiary/aromatic N) is 1. The highest BCUT2D eigenvalue weighted by Gasteiger charge is 2.34. The molecule has 1 fully saturated rings. The lowest BCUT2D eigenvalue weighted by atomic mass is 10.2. The van der Waals surface area contributed by atoms with Gasteiger partial charge >= 0.3 is 5.97 Å². The maximum atomic E-state index is 13.4. The van der Waals surface area contributed by atoms with Crippen molar-refractivity contribution in [2.45, 2.75) is 29.2 Å². The highest BCUT2D eigenvalue weighted by molar-refractivity contribution is 8.00. The standard InChI is InChI=1S/C13H16FNO4S2/c1-8-6-15(7-9(2)20-8)21(18,19)12-5-10(14)3-4-11(12)13(16)17/h3-5,8-9H,6-7H2,1-2H3,(H,16,17). The van der Waals surface area contributed by atoms with Crippen LogP contribution in [0.25, 0.3) is 0 Å². The van der Waals surface area contributed by atoms with Crippen molar-refractivity contribution in [1.82, 2.24) is 4.31 Å². The number of hydrogen-bond donors (Lipinski definition) is 1. The lowest BCUT2D eigenvalue weighted by molar-refractivity contribution is 0.0692. The third kappa shape index (κ3) is 3.38. The quantitative estimate of drug-likeness (QED) is 0.916. The molecule has 1 aromatic rings. The second-order valence-corrected chi connectivity index (χ2v) is 8.81. The number of rotatable bonds is 3. The first kappa shape index (κ1) is 16.3. The number of carboxylic acids is 1. The Hall–Kier alpha value is -1.12. The Balaban J connectivity index is 2.49. The molecule has 0 aromatic heterocycles. The molecule has 21 heavy (non-hydrogen) atoms. The van der Waals surface area contributed by atoms with Crippen molar-refractivity contribution in [3.8, 4) is 0 Å². The second-order valence-electron chi connectivity index (χ2n) is 5.02. The van der Waals surface area contributed by atoms with Crippen molar-refractivity contribution in [1.29, 1.82) is 0 Å². The van der Waals surface area contributed by atoms with Crippen LogP contribution in [0.4, 0.5) is 4.39 Å². The molecular formula is C13H16FNO4S2. The lowest BCUT2D eigenvalue weighted by Crippen LogP contribution is -2.44. The average Bonchev–Trinajstić information content (AvgIpc) is 2.37. The SMILES string of the molecule is CC1CN(S(=O)(=O)c2cc(F)ccc2C(=O)O)CC(C)S1. The number of benzene rings is 1. The van der Waals surface area contributed by atoms with E-state index in [2.05, 4.69) is 0 Å². The topological polar surface area (TPSA) is 74.7 Å². The van der Waals surface area contributed by atoms with Crippen molar-refractivity contribution in [2.24, 2.45) is 0 Å². The first-order valence-corrected chi connectivity index (χ1v) is 8.78. The molecular weight excluding hydrogens is 317 g/mol. The molecule has 0 saturated carbocycles. The smallest absolute Gasteiger partial charge is 0.337 e. The minimum Gasteiger partial charge on any atom is -0.478 e. The number of hydrogen-bond acceptors (Lipinski definition) is 4. The normalized spacial score (nSPS) is 24.0. The number of carbonyl (C=O) groups is 1. The largest absolute Gasteiger partial charge is 0.478 e. The summed E-state index contributed by atoms with van der Waals surface area (Å²) in [7, 11) is -4.03. The Labute approximate surface area is 127 Å². The lowest BCUT2D eigenvalue weighted by Gasteiger charge is -2.33. The molecule has 1 aromatic carbocycles. The van der Waals surface area contributed by atoms with Gasteiger partial charge in [-0.25, -0.2) is 17.6 Å². The van der Waals surface area contributed by atoms with E-state index < -0.39 is 32.3 Å². The average molecular weight is 333 g/mol. The van der Waals surface area contributed by atoms with Gasteiger partial charge in [-0.3, -0.25) is 0 Å². The fraction of sp³-hybridized carbons (Fsp3) is 0.462. The predicted molar refractivity (Wildman–Crippen MR) is 78.6 cm³/mol. The van der Waals surface area contributed by atoms with Gasteiger partial charge < -0.3 is 5.11 Å². The van der Waals surface area contributed by atoms with Crippen LogP contribution in [0.1, 0.15) is 24.2 Å². The summed E-state index contributed by atoms with van der Waals surface area (Å²) < 4.78 is 39.9. The van der Waals surface area contributed by atoms with Crippen LogP contribution in [0, 0.1) is 5.82 Å². The molecule has 1 aliphatic rings. The van der Waals surface area contributed by atoms with Crippen molar-refractivity contribution in [3.63, 3.8) is 0 Å². The third-order valence-corrected chi connectivity index (χ3v) is 6.28. The van der Waals surface area contributed by atoms with Gasteiger partial charge in [-0.2, -0.15) is 16.1 Å². The maximum Gasteiger partial charge on any atom is 0.337 e. The maximum absolute atomic E-state index is 13.4. The van der Waals surface area contributed by atoms with Crippen molar-refractivity contribution in [2.75, 3.05) is 13.1 Å². The zero-order valence-corrected chi connectivity index (χ0v) is 13.2. The number of halogens is 1. The van der Waals surface area contributed by atoms with E-state index in [0.29, 0.717) is 0 Å². The summed E-state index contributed by atoms with van der Waals surface area (Å²) in [6, 6.07) is 2.70. The molecule has 1 heterocycles. The third-order valence-electron chi connectivity index (χ3n) is 3.18. The van der Waals surface area contributed by atoms with Gasteiger partial charge in [0, 0.05) is 23.6 Å². The van der Waals surface area contributed by atoms with E-state index in [4.69, 9.17) is 5.11 Å². The first-order valence-electron chi connectivity index (χ1n) is 6.40. The van der Waals surface area contributed by atoms with E-state index >= 15 is 0 Å². The van der Waals surface area contributed by atoms with Crippen LogP contribution in [0.5, 0.6) is 0 Å². The molecule has 0 bridgehead atoms. The van der Waals surface area contributed by atoms with E-state index in [1.807, 2.05) is 13.8 Å². The van der Waals surface area contributed by atoms with Gasteiger partial charge in [0.05, 0.1) is 10.5 Å². The van der Waals surface area contributed by atoms with E-state index in [-0.39, 0.29) is 23.6 Å². The van der Waals surface area contributed by atoms with E-state index in [9.17, 15) is 17.6 Å². The fourth-order valence-corrected chi connectivity index (χ4v) is 5.68. The van der Waals surface area contributed by atoms with Crippen LogP contribution in [0.15, 0.2) is 23.1 Å². The highest BCUT2D eigenvalue weighted by Crippen LogP contribution is 2.30. The van der Waals surface area contributed by atoms with Crippen LogP contribution in [-0.2, 0) is 10.0 Å². The van der Waals surface area contributed by atoms with E-state index in [1.54, 1.807) is 11.8 Å². The summed E-state index contributed by atoms with van der Waals surface area (Å²) in [6.07, 6.45) is 0. The molecule has 0 amide bonds. The Morgan fingerprint density at radius 1 is 1.33 bits per heavy atom. The summed E-state index contributed by atoms with van der Waals surface area (Å²) in [5, 5.41) is 9.32. The van der Waals surface area contributed by atoms with Gasteiger partial charge in [-0.1, -0.05) is 13.8 Å². The Kier molecular flexibility index (Phi) is 4.60. The van der Waals surface area contributed by atoms with Gasteiger partial charge in [0.1, 0.15) is 5.82 Å². The van der Waals surface area contributed by atoms with Gasteiger partial charge in [0.15, 0.2) is 0 Å². The van der Waals surface area contributed by atoms with Crippen molar-refractivity contribution < 1.29 is 22.7 Å². The molecule has 2 atom stereocenters. The molecule has 1 saturated heterocycles. The Bertz CT molecular complexity index is 652. The van der Waals surface area contributed by atoms with Crippen LogP contribution in [0.2, 0.25) is 0 Å². The number of sulfonamides is 1. The summed E-state index contributed by atoms with van der Waals surface area (Å²) in [6.45, 7) is 4.39. The van der Waals surface area contributed by atoms with Gasteiger partial charge in [0.2, 0.25) is 10.0 Å². The summed E-state index contributed by atoms with van der Waals surface area (Å²) in [4.78, 5) is 10.7. The molecule has 2 unspecified atom stereocenters. The summed E-state index contributed by atoms with van der Waals surface area (Å²) in [5.74, 6) is -2.16. The monoisotopic (exact) mass is 333 g/mol. The van der Waals surface area contributed by atoms with Crippen molar-refractivity contribution in [3.05, 3.63) is 29.6 Å². The molecule has 8 heteroatoms. The summed E-state index contributed by atoms with van der Waals surface area (Å²) >= 11 is 1.67. The Morgan fingerprint density at radius 2 is 1.90 bits per heavy atom. The molecule has 116 valence electrons. The van der Waals surface area contributed by atoms with Gasteiger partial charge in [-0.15, -0.1) is 0 Å². The number of thioether (sulfide) groups is 1. The van der Waals surface area contributed by atoms with Crippen LogP contribution in [0.3, 0.4) is 0 Å². The molecule has 1 aliphatic heterocycles. The van der Waals surface area contributed by atoms with E-state index in [0.717, 1.165) is 18.2 Å². The number of carboxylic acid groups (broad SMARTS) is 1. The van der Waals surface area contributed by atoms with Gasteiger partial charge in [-0.05, 0) is 18.2 Å². The summed E-state index contributed by atoms with van der Waals surface area (Å²) in [5.41, 5.74) is -0.407. The Morgan fingerprint density at radius 3 is 2.43 bits per heavy atom. The minimum atomic E-state index is -4.03. The van der Waals surface area contributed by atoms with Crippen molar-refractivity contribution >= 4 is 27.8 Å². The minimum absolute atomic E-state index is 0.102. The van der Waals surface area contributed by atoms with Crippen LogP contribution < -0.4 is 0 Å². The van der Waals surface area contributed by atoms with E-state index in [1.165, 1.54) is 4.31 Å². The molecule has 2 rings (SSSR count). The van der Waals surface area contributed by atoms with Gasteiger partial charge in [0.25, 0.3) is 0 Å². The fourth-order valence-electron chi connectivity index (χ4n) is 2.35. The second kappa shape index (κ2) is 5.94. The zero-order valence-electron chi connectivity index (χ0n) is 11.6. The molecule has 0 radical (unpaired) electrons. The molecule has 5 nitrogen and oxygen atoms in total. The van der Waals surface area contributed by atoms with Crippen LogP contribution >= 0.6 is 11.8 Å².